The molecule has 1 aromatic heterocycles. The zero-order valence-corrected chi connectivity index (χ0v) is 10.3. The van der Waals surface area contributed by atoms with Crippen LogP contribution in [-0.2, 0) is 0 Å². The van der Waals surface area contributed by atoms with Crippen molar-refractivity contribution in [2.45, 2.75) is 19.2 Å². The standard InChI is InChI=1S/C13H10F3NO3/c1-7(13(14,15)16)20-11-9-5-3-2-4-8(9)6-10(17-11)12(18)19/h2-7H,1H3,(H,18,19). The van der Waals surface area contributed by atoms with Gasteiger partial charge in [-0.3, -0.25) is 0 Å². The SMILES string of the molecule is CC(Oc1nc(C(=O)O)cc2ccccc12)C(F)(F)F. The highest BCUT2D eigenvalue weighted by Gasteiger charge is 2.38. The van der Waals surface area contributed by atoms with Crippen molar-refractivity contribution in [2.75, 3.05) is 0 Å². The molecule has 1 unspecified atom stereocenters. The predicted octanol–water partition coefficient (Wildman–Crippen LogP) is 3.26. The lowest BCUT2D eigenvalue weighted by Crippen LogP contribution is -2.31. The second kappa shape index (κ2) is 4.99. The van der Waals surface area contributed by atoms with Crippen LogP contribution in [0.2, 0.25) is 0 Å². The average molecular weight is 285 g/mol. The maximum absolute atomic E-state index is 12.5. The van der Waals surface area contributed by atoms with Crippen molar-refractivity contribution >= 4 is 16.7 Å². The molecular formula is C13H10F3NO3. The van der Waals surface area contributed by atoms with Gasteiger partial charge in [-0.2, -0.15) is 13.2 Å². The molecule has 0 radical (unpaired) electrons. The molecule has 0 saturated heterocycles. The maximum Gasteiger partial charge on any atom is 0.425 e. The molecule has 1 N–H and O–H groups in total. The van der Waals surface area contributed by atoms with Gasteiger partial charge < -0.3 is 9.84 Å². The van der Waals surface area contributed by atoms with E-state index in [4.69, 9.17) is 9.84 Å². The minimum atomic E-state index is -4.55. The highest BCUT2D eigenvalue weighted by molar-refractivity contribution is 5.94. The maximum atomic E-state index is 12.5. The number of fused-ring (bicyclic) bond motifs is 1. The fraction of sp³-hybridized carbons (Fsp3) is 0.231. The van der Waals surface area contributed by atoms with E-state index in [2.05, 4.69) is 4.98 Å². The molecule has 1 atom stereocenters. The number of hydrogen-bond acceptors (Lipinski definition) is 3. The Bertz CT molecular complexity index is 655. The molecule has 106 valence electrons. The minimum absolute atomic E-state index is 0.327. The van der Waals surface area contributed by atoms with Crippen molar-refractivity contribution in [3.63, 3.8) is 0 Å². The third kappa shape index (κ3) is 2.81. The van der Waals surface area contributed by atoms with Crippen LogP contribution in [0.4, 0.5) is 13.2 Å². The van der Waals surface area contributed by atoms with Gasteiger partial charge in [0.15, 0.2) is 11.8 Å². The van der Waals surface area contributed by atoms with Crippen LogP contribution in [-0.4, -0.2) is 28.3 Å². The Kier molecular flexibility index (Phi) is 3.52. The van der Waals surface area contributed by atoms with Crippen molar-refractivity contribution in [1.29, 1.82) is 0 Å². The number of ether oxygens (including phenoxy) is 1. The van der Waals surface area contributed by atoms with Crippen molar-refractivity contribution in [2.24, 2.45) is 0 Å². The summed E-state index contributed by atoms with van der Waals surface area (Å²) in [7, 11) is 0. The van der Waals surface area contributed by atoms with Crippen molar-refractivity contribution < 1.29 is 27.8 Å². The van der Waals surface area contributed by atoms with Gasteiger partial charge in [0.2, 0.25) is 5.88 Å². The van der Waals surface area contributed by atoms with E-state index in [-0.39, 0.29) is 11.6 Å². The first kappa shape index (κ1) is 14.1. The molecule has 2 rings (SSSR count). The quantitative estimate of drug-likeness (QED) is 0.940. The van der Waals surface area contributed by atoms with Crippen LogP contribution in [0.1, 0.15) is 17.4 Å². The van der Waals surface area contributed by atoms with Gasteiger partial charge in [-0.15, -0.1) is 0 Å². The number of aromatic nitrogens is 1. The first-order chi connectivity index (χ1) is 9.29. The van der Waals surface area contributed by atoms with Gasteiger partial charge >= 0.3 is 12.1 Å². The second-order valence-corrected chi connectivity index (χ2v) is 4.14. The van der Waals surface area contributed by atoms with Crippen LogP contribution < -0.4 is 4.74 Å². The normalized spacial score (nSPS) is 13.2. The lowest BCUT2D eigenvalue weighted by Gasteiger charge is -2.18. The van der Waals surface area contributed by atoms with Gasteiger partial charge in [0.05, 0.1) is 0 Å². The molecule has 2 aromatic rings. The van der Waals surface area contributed by atoms with Gasteiger partial charge in [-0.05, 0) is 24.4 Å². The highest BCUT2D eigenvalue weighted by Crippen LogP contribution is 2.29. The van der Waals surface area contributed by atoms with E-state index < -0.39 is 18.2 Å². The lowest BCUT2D eigenvalue weighted by molar-refractivity contribution is -0.189. The van der Waals surface area contributed by atoms with Gasteiger partial charge in [0, 0.05) is 5.39 Å². The Morgan fingerprint density at radius 3 is 2.60 bits per heavy atom. The van der Waals surface area contributed by atoms with Crippen LogP contribution in [0.25, 0.3) is 10.8 Å². The molecule has 0 saturated carbocycles. The Morgan fingerprint density at radius 2 is 2.00 bits per heavy atom. The number of pyridine rings is 1. The first-order valence-corrected chi connectivity index (χ1v) is 5.65. The van der Waals surface area contributed by atoms with Crippen molar-refractivity contribution in [1.82, 2.24) is 4.98 Å². The molecule has 0 fully saturated rings. The number of aromatic carboxylic acids is 1. The van der Waals surface area contributed by atoms with Crippen LogP contribution in [0, 0.1) is 0 Å². The molecule has 4 nitrogen and oxygen atoms in total. The number of carboxylic acids is 1. The van der Waals surface area contributed by atoms with Crippen LogP contribution in [0.15, 0.2) is 30.3 Å². The molecule has 0 bridgehead atoms. The summed E-state index contributed by atoms with van der Waals surface area (Å²) in [5.41, 5.74) is -0.368. The molecule has 0 aliphatic rings. The summed E-state index contributed by atoms with van der Waals surface area (Å²) in [6.07, 6.45) is -6.63. The number of benzene rings is 1. The Hall–Kier alpha value is -2.31. The summed E-state index contributed by atoms with van der Waals surface area (Å²) in [4.78, 5) is 14.6. The highest BCUT2D eigenvalue weighted by atomic mass is 19.4. The van der Waals surface area contributed by atoms with E-state index in [1.807, 2.05) is 0 Å². The summed E-state index contributed by atoms with van der Waals surface area (Å²) in [6.45, 7) is 0.837. The van der Waals surface area contributed by atoms with Crippen LogP contribution in [0.5, 0.6) is 5.88 Å². The molecule has 0 spiro atoms. The topological polar surface area (TPSA) is 59.4 Å². The number of carboxylic acid groups (broad SMARTS) is 1. The number of nitrogens with zero attached hydrogens (tertiary/aromatic N) is 1. The van der Waals surface area contributed by atoms with E-state index in [0.717, 1.165) is 6.92 Å². The summed E-state index contributed by atoms with van der Waals surface area (Å²) in [5, 5.41) is 9.70. The number of carbonyl (C=O) groups is 1. The zero-order chi connectivity index (χ0) is 14.9. The van der Waals surface area contributed by atoms with E-state index in [1.54, 1.807) is 18.2 Å². The molecule has 1 heterocycles. The fourth-order valence-corrected chi connectivity index (χ4v) is 1.60. The molecule has 0 aliphatic carbocycles. The summed E-state index contributed by atoms with van der Waals surface area (Å²) in [5.74, 6) is -1.68. The van der Waals surface area contributed by atoms with Crippen LogP contribution in [0.3, 0.4) is 0 Å². The molecule has 0 aliphatic heterocycles. The summed E-state index contributed by atoms with van der Waals surface area (Å²) in [6, 6.07) is 7.63. The van der Waals surface area contributed by atoms with Crippen molar-refractivity contribution in [3.05, 3.63) is 36.0 Å². The van der Waals surface area contributed by atoms with Gasteiger partial charge in [-0.25, -0.2) is 9.78 Å². The predicted molar refractivity (Wildman–Crippen MR) is 64.8 cm³/mol. The minimum Gasteiger partial charge on any atom is -0.477 e. The van der Waals surface area contributed by atoms with Gasteiger partial charge in [0.25, 0.3) is 0 Å². The van der Waals surface area contributed by atoms with E-state index in [1.165, 1.54) is 12.1 Å². The second-order valence-electron chi connectivity index (χ2n) is 4.14. The monoisotopic (exact) mass is 285 g/mol. The Labute approximate surface area is 111 Å². The van der Waals surface area contributed by atoms with E-state index >= 15 is 0 Å². The van der Waals surface area contributed by atoms with E-state index in [9.17, 15) is 18.0 Å². The largest absolute Gasteiger partial charge is 0.477 e. The smallest absolute Gasteiger partial charge is 0.425 e. The number of alkyl halides is 3. The number of rotatable bonds is 3. The Balaban J connectivity index is 2.53. The zero-order valence-electron chi connectivity index (χ0n) is 10.3. The average Bonchev–Trinajstić information content (AvgIpc) is 2.37. The molecule has 1 aromatic carbocycles. The molecular weight excluding hydrogens is 275 g/mol. The molecule has 20 heavy (non-hydrogen) atoms. The van der Waals surface area contributed by atoms with Crippen LogP contribution >= 0.6 is 0 Å². The van der Waals surface area contributed by atoms with Crippen molar-refractivity contribution in [3.8, 4) is 5.88 Å². The molecule has 0 amide bonds. The third-order valence-electron chi connectivity index (χ3n) is 2.67. The lowest BCUT2D eigenvalue weighted by atomic mass is 10.1. The molecule has 7 heteroatoms. The fourth-order valence-electron chi connectivity index (χ4n) is 1.60. The third-order valence-corrected chi connectivity index (χ3v) is 2.67. The first-order valence-electron chi connectivity index (χ1n) is 5.65. The van der Waals surface area contributed by atoms with Gasteiger partial charge in [0.1, 0.15) is 0 Å². The Morgan fingerprint density at radius 1 is 1.35 bits per heavy atom. The number of halogens is 3. The summed E-state index contributed by atoms with van der Waals surface area (Å²) >= 11 is 0. The van der Waals surface area contributed by atoms with Gasteiger partial charge in [-0.1, -0.05) is 18.2 Å². The number of hydrogen-bond donors (Lipinski definition) is 1. The van der Waals surface area contributed by atoms with E-state index in [0.29, 0.717) is 10.8 Å². The summed E-state index contributed by atoms with van der Waals surface area (Å²) < 4.78 is 42.4.